The first-order valence-electron chi connectivity index (χ1n) is 6.28. The van der Waals surface area contributed by atoms with E-state index in [2.05, 4.69) is 20.6 Å². The van der Waals surface area contributed by atoms with Crippen LogP contribution in [0.2, 0.25) is 4.34 Å². The Bertz CT molecular complexity index is 801. The quantitative estimate of drug-likeness (QED) is 0.728. The highest BCUT2D eigenvalue weighted by atomic mass is 35.5. The largest absolute Gasteiger partial charge is 0.346 e. The maximum atomic E-state index is 11.9. The summed E-state index contributed by atoms with van der Waals surface area (Å²) in [6.45, 7) is 0.267. The number of rotatable bonds is 4. The highest BCUT2D eigenvalue weighted by Crippen LogP contribution is 2.21. The molecule has 3 aromatic rings. The van der Waals surface area contributed by atoms with E-state index < -0.39 is 0 Å². The van der Waals surface area contributed by atoms with Gasteiger partial charge in [-0.05, 0) is 18.2 Å². The highest BCUT2D eigenvalue weighted by Gasteiger charge is 2.10. The van der Waals surface area contributed by atoms with Gasteiger partial charge in [0.05, 0.1) is 22.0 Å². The van der Waals surface area contributed by atoms with Crippen LogP contribution in [-0.2, 0) is 6.54 Å². The molecular weight excluding hydrogens is 321 g/mol. The summed E-state index contributed by atoms with van der Waals surface area (Å²) in [5.41, 5.74) is 1.19. The number of hydrogen-bond donors (Lipinski definition) is 1. The molecule has 0 aromatic carbocycles. The maximum absolute atomic E-state index is 11.9. The summed E-state index contributed by atoms with van der Waals surface area (Å²) in [7, 11) is 5.58. The average molecular weight is 330 g/mol. The molecule has 9 heteroatoms. The average Bonchev–Trinajstić information content (AvgIpc) is 3.15. The van der Waals surface area contributed by atoms with Crippen LogP contribution in [0.25, 0.3) is 5.82 Å². The van der Waals surface area contributed by atoms with Crippen molar-refractivity contribution in [2.75, 3.05) is 0 Å². The van der Waals surface area contributed by atoms with Crippen molar-refractivity contribution < 1.29 is 4.79 Å². The van der Waals surface area contributed by atoms with Crippen LogP contribution in [0.4, 0.5) is 0 Å². The summed E-state index contributed by atoms with van der Waals surface area (Å²) >= 11 is 7.03. The highest BCUT2D eigenvalue weighted by molar-refractivity contribution is 7.17. The van der Waals surface area contributed by atoms with Gasteiger partial charge in [-0.15, -0.1) is 16.4 Å². The molecule has 108 valence electrons. The van der Waals surface area contributed by atoms with Crippen molar-refractivity contribution in [2.24, 2.45) is 0 Å². The Balaban J connectivity index is 1.64. The van der Waals surface area contributed by atoms with Gasteiger partial charge in [0.15, 0.2) is 5.82 Å². The van der Waals surface area contributed by atoms with Crippen LogP contribution in [0.15, 0.2) is 36.7 Å². The van der Waals surface area contributed by atoms with E-state index in [-0.39, 0.29) is 12.5 Å². The van der Waals surface area contributed by atoms with Crippen LogP contribution in [0.1, 0.15) is 15.4 Å². The second-order valence-corrected chi connectivity index (χ2v) is 6.11. The van der Waals surface area contributed by atoms with E-state index in [1.54, 1.807) is 36.7 Å². The molecule has 0 spiro atoms. The second-order valence-electron chi connectivity index (χ2n) is 4.39. The van der Waals surface area contributed by atoms with Crippen LogP contribution >= 0.6 is 22.9 Å². The van der Waals surface area contributed by atoms with Crippen molar-refractivity contribution in [2.45, 2.75) is 6.54 Å². The first-order valence-corrected chi connectivity index (χ1v) is 7.48. The molecule has 0 fully saturated rings. The van der Waals surface area contributed by atoms with E-state index in [9.17, 15) is 4.79 Å². The summed E-state index contributed by atoms with van der Waals surface area (Å²) in [6, 6.07) is 6.83. The standard InChI is InChI=1S/C13H9BClN5OS/c14-8-1-4-12(16-5-8)20-7-9(18-19-20)6-17-13(21)10-2-3-11(15)22-10/h1-5,7H,6H2,(H,17,21). The molecule has 1 N–H and O–H groups in total. The van der Waals surface area contributed by atoms with Crippen molar-refractivity contribution in [1.29, 1.82) is 0 Å². The number of nitrogens with zero attached hydrogens (tertiary/aromatic N) is 4. The molecule has 0 aliphatic rings. The van der Waals surface area contributed by atoms with Gasteiger partial charge in [0.2, 0.25) is 0 Å². The van der Waals surface area contributed by atoms with Crippen LogP contribution in [-0.4, -0.2) is 33.7 Å². The van der Waals surface area contributed by atoms with Crippen molar-refractivity contribution in [1.82, 2.24) is 25.3 Å². The number of carbonyl (C=O) groups excluding carboxylic acids is 1. The van der Waals surface area contributed by atoms with Gasteiger partial charge in [0, 0.05) is 6.20 Å². The number of carbonyl (C=O) groups is 1. The van der Waals surface area contributed by atoms with Gasteiger partial charge in [0.1, 0.15) is 13.5 Å². The predicted molar refractivity (Wildman–Crippen MR) is 85.0 cm³/mol. The Labute approximate surface area is 136 Å². The fourth-order valence-electron chi connectivity index (χ4n) is 1.72. The Morgan fingerprint density at radius 2 is 2.23 bits per heavy atom. The van der Waals surface area contributed by atoms with E-state index in [4.69, 9.17) is 19.4 Å². The smallest absolute Gasteiger partial charge is 0.261 e. The molecule has 22 heavy (non-hydrogen) atoms. The third kappa shape index (κ3) is 3.34. The molecule has 0 unspecified atom stereocenters. The predicted octanol–water partition coefficient (Wildman–Crippen LogP) is 1.10. The number of pyridine rings is 1. The molecule has 1 amide bonds. The summed E-state index contributed by atoms with van der Waals surface area (Å²) in [5, 5.41) is 10.7. The van der Waals surface area contributed by atoms with Gasteiger partial charge in [-0.25, -0.2) is 9.67 Å². The molecule has 0 atom stereocenters. The fraction of sp³-hybridized carbons (Fsp3) is 0.0769. The number of aromatic nitrogens is 4. The Kier molecular flexibility index (Phi) is 4.21. The van der Waals surface area contributed by atoms with Gasteiger partial charge < -0.3 is 5.32 Å². The molecule has 3 rings (SSSR count). The van der Waals surface area contributed by atoms with E-state index >= 15 is 0 Å². The molecule has 0 aliphatic carbocycles. The lowest BCUT2D eigenvalue weighted by Crippen LogP contribution is -2.21. The Morgan fingerprint density at radius 1 is 1.36 bits per heavy atom. The zero-order chi connectivity index (χ0) is 15.5. The molecular formula is C13H9BClN5OS. The molecule has 3 heterocycles. The summed E-state index contributed by atoms with van der Waals surface area (Å²) < 4.78 is 2.09. The number of halogens is 1. The monoisotopic (exact) mass is 329 g/mol. The molecule has 6 nitrogen and oxygen atoms in total. The van der Waals surface area contributed by atoms with Crippen LogP contribution < -0.4 is 10.8 Å². The van der Waals surface area contributed by atoms with Crippen molar-refractivity contribution in [3.63, 3.8) is 0 Å². The third-order valence-electron chi connectivity index (χ3n) is 2.77. The lowest BCUT2D eigenvalue weighted by molar-refractivity contribution is 0.0954. The van der Waals surface area contributed by atoms with E-state index in [0.29, 0.717) is 26.2 Å². The van der Waals surface area contributed by atoms with Crippen molar-refractivity contribution >= 4 is 42.2 Å². The van der Waals surface area contributed by atoms with Gasteiger partial charge in [0.25, 0.3) is 5.91 Å². The van der Waals surface area contributed by atoms with E-state index in [0.717, 1.165) is 0 Å². The first-order chi connectivity index (χ1) is 10.6. The van der Waals surface area contributed by atoms with Gasteiger partial charge in [-0.1, -0.05) is 28.3 Å². The zero-order valence-corrected chi connectivity index (χ0v) is 12.8. The van der Waals surface area contributed by atoms with Crippen LogP contribution in [0.5, 0.6) is 0 Å². The number of nitrogens with one attached hydrogen (secondary N) is 1. The Morgan fingerprint density at radius 3 is 2.91 bits per heavy atom. The van der Waals surface area contributed by atoms with Crippen LogP contribution in [0.3, 0.4) is 0 Å². The third-order valence-corrected chi connectivity index (χ3v) is 4.00. The lowest BCUT2D eigenvalue weighted by Gasteiger charge is -2.00. The minimum Gasteiger partial charge on any atom is -0.346 e. The minimum absolute atomic E-state index is 0.197. The lowest BCUT2D eigenvalue weighted by atomic mass is 9.99. The topological polar surface area (TPSA) is 72.7 Å². The maximum Gasteiger partial charge on any atom is 0.261 e. The van der Waals surface area contributed by atoms with Crippen molar-refractivity contribution in [3.05, 3.63) is 51.6 Å². The van der Waals surface area contributed by atoms with E-state index in [1.807, 2.05) is 0 Å². The van der Waals surface area contributed by atoms with Crippen molar-refractivity contribution in [3.8, 4) is 5.82 Å². The molecule has 0 saturated heterocycles. The molecule has 0 bridgehead atoms. The van der Waals surface area contributed by atoms with Gasteiger partial charge in [-0.3, -0.25) is 4.79 Å². The van der Waals surface area contributed by atoms with Gasteiger partial charge >= 0.3 is 0 Å². The summed E-state index contributed by atoms with van der Waals surface area (Å²) in [6.07, 6.45) is 3.24. The molecule has 2 radical (unpaired) electrons. The molecule has 3 aromatic heterocycles. The number of amides is 1. The summed E-state index contributed by atoms with van der Waals surface area (Å²) in [5.74, 6) is 0.404. The van der Waals surface area contributed by atoms with Crippen LogP contribution in [0, 0.1) is 0 Å². The zero-order valence-electron chi connectivity index (χ0n) is 11.2. The molecule has 0 saturated carbocycles. The fourth-order valence-corrected chi connectivity index (χ4v) is 2.68. The normalized spacial score (nSPS) is 10.6. The Hall–Kier alpha value is -2.19. The summed E-state index contributed by atoms with van der Waals surface area (Å²) in [4.78, 5) is 16.6. The first kappa shape index (κ1) is 14.7. The SMILES string of the molecule is [B]c1ccc(-n2cc(CNC(=O)c3ccc(Cl)s3)nn2)nc1. The van der Waals surface area contributed by atoms with Gasteiger partial charge in [-0.2, -0.15) is 0 Å². The minimum atomic E-state index is -0.197. The second kappa shape index (κ2) is 6.29. The van der Waals surface area contributed by atoms with E-state index in [1.165, 1.54) is 16.0 Å². The molecule has 0 aliphatic heterocycles. The number of thiophene rings is 1. The number of hydrogen-bond acceptors (Lipinski definition) is 5.